The highest BCUT2D eigenvalue weighted by Crippen LogP contribution is 2.17. The summed E-state index contributed by atoms with van der Waals surface area (Å²) in [5.41, 5.74) is 2.07. The Kier molecular flexibility index (Phi) is 4.26. The zero-order valence-corrected chi connectivity index (χ0v) is 12.6. The van der Waals surface area contributed by atoms with Gasteiger partial charge in [0.15, 0.2) is 0 Å². The van der Waals surface area contributed by atoms with Crippen LogP contribution in [-0.4, -0.2) is 73.6 Å². The van der Waals surface area contributed by atoms with Crippen molar-refractivity contribution in [2.45, 2.75) is 25.9 Å². The molecule has 0 aromatic rings. The Balaban J connectivity index is 1.52. The quantitative estimate of drug-likeness (QED) is 0.714. The molecule has 116 valence electrons. The number of amides is 2. The molecule has 1 unspecified atom stereocenters. The van der Waals surface area contributed by atoms with E-state index in [-0.39, 0.29) is 17.9 Å². The summed E-state index contributed by atoms with van der Waals surface area (Å²) in [7, 11) is 0. The van der Waals surface area contributed by atoms with Crippen LogP contribution in [0.5, 0.6) is 0 Å². The van der Waals surface area contributed by atoms with Crippen molar-refractivity contribution < 1.29 is 14.3 Å². The predicted octanol–water partition coefficient (Wildman–Crippen LogP) is -0.244. The first-order valence-corrected chi connectivity index (χ1v) is 7.76. The molecule has 0 aromatic heterocycles. The first kappa shape index (κ1) is 14.5. The fourth-order valence-corrected chi connectivity index (χ4v) is 3.01. The molecular formula is C15H23N3O3. The van der Waals surface area contributed by atoms with Gasteiger partial charge in [-0.05, 0) is 25.3 Å². The smallest absolute Gasteiger partial charge is 0.251 e. The number of piperazine rings is 1. The van der Waals surface area contributed by atoms with Crippen LogP contribution in [-0.2, 0) is 14.3 Å². The third kappa shape index (κ3) is 2.96. The third-order valence-corrected chi connectivity index (χ3v) is 4.61. The minimum Gasteiger partial charge on any atom is -0.368 e. The lowest BCUT2D eigenvalue weighted by atomic mass is 10.0. The predicted molar refractivity (Wildman–Crippen MR) is 77.7 cm³/mol. The van der Waals surface area contributed by atoms with Crippen molar-refractivity contribution in [1.82, 2.24) is 15.1 Å². The highest BCUT2D eigenvalue weighted by molar-refractivity contribution is 5.94. The van der Waals surface area contributed by atoms with E-state index < -0.39 is 0 Å². The topological polar surface area (TPSA) is 61.9 Å². The summed E-state index contributed by atoms with van der Waals surface area (Å²) in [6, 6.07) is 0. The second-order valence-corrected chi connectivity index (χ2v) is 5.95. The Labute approximate surface area is 125 Å². The van der Waals surface area contributed by atoms with E-state index in [0.29, 0.717) is 32.8 Å². The Morgan fingerprint density at radius 1 is 1.14 bits per heavy atom. The van der Waals surface area contributed by atoms with E-state index in [1.807, 2.05) is 16.7 Å². The van der Waals surface area contributed by atoms with Gasteiger partial charge in [0, 0.05) is 51.4 Å². The average molecular weight is 293 g/mol. The molecule has 3 aliphatic heterocycles. The Morgan fingerprint density at radius 3 is 2.33 bits per heavy atom. The normalized spacial score (nSPS) is 25.8. The molecule has 0 spiro atoms. The van der Waals surface area contributed by atoms with Crippen LogP contribution < -0.4 is 5.32 Å². The molecule has 0 bridgehead atoms. The van der Waals surface area contributed by atoms with Gasteiger partial charge < -0.3 is 19.9 Å². The van der Waals surface area contributed by atoms with Crippen molar-refractivity contribution in [3.05, 3.63) is 11.1 Å². The number of hydrogen-bond acceptors (Lipinski definition) is 4. The van der Waals surface area contributed by atoms with Crippen LogP contribution in [0.25, 0.3) is 0 Å². The van der Waals surface area contributed by atoms with Crippen molar-refractivity contribution in [3.8, 4) is 0 Å². The van der Waals surface area contributed by atoms with Crippen molar-refractivity contribution in [1.29, 1.82) is 0 Å². The fourth-order valence-electron chi connectivity index (χ4n) is 3.01. The van der Waals surface area contributed by atoms with E-state index in [4.69, 9.17) is 4.74 Å². The average Bonchev–Trinajstić information content (AvgIpc) is 2.98. The van der Waals surface area contributed by atoms with Crippen LogP contribution in [0.2, 0.25) is 0 Å². The number of carbonyl (C=O) groups excluding carboxylic acids is 2. The van der Waals surface area contributed by atoms with Crippen LogP contribution in [0.3, 0.4) is 0 Å². The van der Waals surface area contributed by atoms with Gasteiger partial charge in [-0.15, -0.1) is 0 Å². The van der Waals surface area contributed by atoms with Crippen LogP contribution in [0.4, 0.5) is 0 Å². The molecule has 0 aliphatic carbocycles. The van der Waals surface area contributed by atoms with Gasteiger partial charge in [0.1, 0.15) is 6.10 Å². The molecule has 6 heteroatoms. The number of rotatable bonds is 2. The SMILES string of the molecule is CC(C(=O)N1CCN(C(=O)C2CCCO2)CC1)=C1CNC1. The molecule has 6 nitrogen and oxygen atoms in total. The summed E-state index contributed by atoms with van der Waals surface area (Å²) in [4.78, 5) is 28.3. The summed E-state index contributed by atoms with van der Waals surface area (Å²) in [6.45, 7) is 6.73. The molecule has 1 N–H and O–H groups in total. The number of carbonyl (C=O) groups is 2. The summed E-state index contributed by atoms with van der Waals surface area (Å²) in [5, 5.41) is 3.16. The molecule has 3 heterocycles. The molecule has 3 fully saturated rings. The number of nitrogens with one attached hydrogen (secondary N) is 1. The minimum atomic E-state index is -0.253. The van der Waals surface area contributed by atoms with E-state index in [2.05, 4.69) is 5.32 Å². The van der Waals surface area contributed by atoms with Gasteiger partial charge in [0.25, 0.3) is 5.91 Å². The molecular weight excluding hydrogens is 270 g/mol. The second-order valence-electron chi connectivity index (χ2n) is 5.95. The third-order valence-electron chi connectivity index (χ3n) is 4.61. The summed E-state index contributed by atoms with van der Waals surface area (Å²) in [5.74, 6) is 0.216. The minimum absolute atomic E-state index is 0.0952. The van der Waals surface area contributed by atoms with Crippen molar-refractivity contribution >= 4 is 11.8 Å². The Bertz CT molecular complexity index is 455. The van der Waals surface area contributed by atoms with E-state index >= 15 is 0 Å². The van der Waals surface area contributed by atoms with Crippen LogP contribution in [0, 0.1) is 0 Å². The summed E-state index contributed by atoms with van der Waals surface area (Å²) in [6.07, 6.45) is 1.54. The van der Waals surface area contributed by atoms with Gasteiger partial charge in [0.05, 0.1) is 0 Å². The van der Waals surface area contributed by atoms with E-state index in [1.54, 1.807) is 0 Å². The standard InChI is InChI=1S/C15H23N3O3/c1-11(12-9-16-10-12)14(19)17-4-6-18(7-5-17)15(20)13-3-2-8-21-13/h13,16H,2-10H2,1H3. The van der Waals surface area contributed by atoms with E-state index in [1.165, 1.54) is 5.57 Å². The lowest BCUT2D eigenvalue weighted by molar-refractivity contribution is -0.145. The Hall–Kier alpha value is -1.40. The van der Waals surface area contributed by atoms with Gasteiger partial charge in [-0.25, -0.2) is 0 Å². The fraction of sp³-hybridized carbons (Fsp3) is 0.733. The first-order chi connectivity index (χ1) is 10.2. The van der Waals surface area contributed by atoms with Crippen molar-refractivity contribution in [2.24, 2.45) is 0 Å². The maximum Gasteiger partial charge on any atom is 0.251 e. The van der Waals surface area contributed by atoms with Gasteiger partial charge in [-0.1, -0.05) is 0 Å². The highest BCUT2D eigenvalue weighted by Gasteiger charge is 2.31. The molecule has 0 aromatic carbocycles. The molecule has 2 amide bonds. The first-order valence-electron chi connectivity index (χ1n) is 7.76. The van der Waals surface area contributed by atoms with Gasteiger partial charge in [0.2, 0.25) is 5.91 Å². The van der Waals surface area contributed by atoms with Crippen LogP contribution in [0.1, 0.15) is 19.8 Å². The highest BCUT2D eigenvalue weighted by atomic mass is 16.5. The van der Waals surface area contributed by atoms with Gasteiger partial charge >= 0.3 is 0 Å². The van der Waals surface area contributed by atoms with Gasteiger partial charge in [-0.3, -0.25) is 9.59 Å². The summed E-state index contributed by atoms with van der Waals surface area (Å²) >= 11 is 0. The lowest BCUT2D eigenvalue weighted by Gasteiger charge is -2.36. The largest absolute Gasteiger partial charge is 0.368 e. The molecule has 0 saturated carbocycles. The zero-order valence-electron chi connectivity index (χ0n) is 12.6. The molecule has 3 saturated heterocycles. The second kappa shape index (κ2) is 6.15. The molecule has 1 atom stereocenters. The maximum absolute atomic E-state index is 12.4. The van der Waals surface area contributed by atoms with Crippen LogP contribution >= 0.6 is 0 Å². The number of hydrogen-bond donors (Lipinski definition) is 1. The lowest BCUT2D eigenvalue weighted by Crippen LogP contribution is -2.53. The van der Waals surface area contributed by atoms with Crippen LogP contribution in [0.15, 0.2) is 11.1 Å². The zero-order chi connectivity index (χ0) is 14.8. The van der Waals surface area contributed by atoms with Crippen molar-refractivity contribution in [2.75, 3.05) is 45.9 Å². The number of ether oxygens (including phenoxy) is 1. The van der Waals surface area contributed by atoms with E-state index in [9.17, 15) is 9.59 Å². The number of nitrogens with zero attached hydrogens (tertiary/aromatic N) is 2. The monoisotopic (exact) mass is 293 g/mol. The molecule has 3 rings (SSSR count). The molecule has 21 heavy (non-hydrogen) atoms. The molecule has 3 aliphatic rings. The van der Waals surface area contributed by atoms with Gasteiger partial charge in [-0.2, -0.15) is 0 Å². The Morgan fingerprint density at radius 2 is 1.81 bits per heavy atom. The van der Waals surface area contributed by atoms with E-state index in [0.717, 1.165) is 31.5 Å². The summed E-state index contributed by atoms with van der Waals surface area (Å²) < 4.78 is 5.45. The van der Waals surface area contributed by atoms with Crippen molar-refractivity contribution in [3.63, 3.8) is 0 Å². The molecule has 0 radical (unpaired) electrons. The maximum atomic E-state index is 12.4.